The number of rotatable bonds is 1. The van der Waals surface area contributed by atoms with Crippen LogP contribution in [-0.2, 0) is 0 Å². The SMILES string of the molecule is Oc1ccccc1[B-](F)(F)F.[H+].[K]. The Labute approximate surface area is 112 Å². The summed E-state index contributed by atoms with van der Waals surface area (Å²) in [5.41, 5.74) is -0.937. The molecule has 0 aromatic heterocycles. The van der Waals surface area contributed by atoms with Crippen LogP contribution in [0.1, 0.15) is 1.43 Å². The molecular weight excluding hydrogens is 195 g/mol. The number of halogens is 3. The van der Waals surface area contributed by atoms with Crippen molar-refractivity contribution in [2.45, 2.75) is 0 Å². The molecule has 12 heavy (non-hydrogen) atoms. The molecule has 1 nitrogen and oxygen atoms in total. The van der Waals surface area contributed by atoms with Crippen LogP contribution in [0.2, 0.25) is 0 Å². The summed E-state index contributed by atoms with van der Waals surface area (Å²) in [6, 6.07) is 4.46. The van der Waals surface area contributed by atoms with Crippen molar-refractivity contribution in [1.29, 1.82) is 0 Å². The van der Waals surface area contributed by atoms with Gasteiger partial charge in [-0.05, 0) is 6.07 Å². The topological polar surface area (TPSA) is 20.2 Å². The quantitative estimate of drug-likeness (QED) is 0.676. The van der Waals surface area contributed by atoms with Crippen molar-refractivity contribution in [3.63, 3.8) is 0 Å². The van der Waals surface area contributed by atoms with Crippen molar-refractivity contribution >= 4 is 63.8 Å². The minimum Gasteiger partial charge on any atom is -0.511 e. The van der Waals surface area contributed by atoms with Crippen LogP contribution in [0.25, 0.3) is 0 Å². The van der Waals surface area contributed by atoms with Crippen molar-refractivity contribution in [3.8, 4) is 5.75 Å². The molecule has 0 aliphatic heterocycles. The van der Waals surface area contributed by atoms with Gasteiger partial charge in [0.2, 0.25) is 0 Å². The van der Waals surface area contributed by atoms with Crippen LogP contribution in [0.3, 0.4) is 0 Å². The molecule has 1 N–H and O–H groups in total. The molecule has 0 atom stereocenters. The van der Waals surface area contributed by atoms with Crippen LogP contribution >= 0.6 is 0 Å². The van der Waals surface area contributed by atoms with Crippen LogP contribution in [0, 0.1) is 0 Å². The Morgan fingerprint density at radius 2 is 1.67 bits per heavy atom. The van der Waals surface area contributed by atoms with E-state index >= 15 is 0 Å². The molecule has 0 saturated carbocycles. The van der Waals surface area contributed by atoms with Gasteiger partial charge in [0.05, 0.1) is 5.75 Å². The number of phenols is 1. The van der Waals surface area contributed by atoms with E-state index in [-0.39, 0.29) is 52.8 Å². The first-order chi connectivity index (χ1) is 5.02. The van der Waals surface area contributed by atoms with Crippen LogP contribution in [0.15, 0.2) is 24.3 Å². The van der Waals surface area contributed by atoms with Gasteiger partial charge in [-0.25, -0.2) is 0 Å². The van der Waals surface area contributed by atoms with E-state index in [1.165, 1.54) is 12.1 Å². The van der Waals surface area contributed by atoms with Crippen LogP contribution in [-0.4, -0.2) is 63.5 Å². The normalized spacial score (nSPS) is 10.6. The third-order valence-electron chi connectivity index (χ3n) is 1.29. The van der Waals surface area contributed by atoms with E-state index in [0.29, 0.717) is 0 Å². The Balaban J connectivity index is 0. The zero-order valence-corrected chi connectivity index (χ0v) is 9.59. The van der Waals surface area contributed by atoms with Gasteiger partial charge in [-0.15, -0.1) is 0 Å². The maximum absolute atomic E-state index is 12.0. The number of para-hydroxylation sites is 1. The first kappa shape index (κ1) is 12.5. The fraction of sp³-hybridized carbons (Fsp3) is 0. The second-order valence-electron chi connectivity index (χ2n) is 2.13. The molecule has 0 fully saturated rings. The summed E-state index contributed by atoms with van der Waals surface area (Å²) < 4.78 is 35.9. The number of aromatic hydroxyl groups is 1. The average molecular weight is 201 g/mol. The fourth-order valence-electron chi connectivity index (χ4n) is 0.764. The summed E-state index contributed by atoms with van der Waals surface area (Å²) in [5.74, 6) is -0.708. The number of phenolic OH excluding ortho intramolecular Hbond substituents is 1. The Bertz CT molecular complexity index is 268. The molecule has 1 radical (unpaired) electrons. The number of benzene rings is 1. The molecule has 1 rings (SSSR count). The molecule has 0 amide bonds. The summed E-state index contributed by atoms with van der Waals surface area (Å²) in [5, 5.41) is 8.74. The van der Waals surface area contributed by atoms with E-state index in [4.69, 9.17) is 5.11 Å². The van der Waals surface area contributed by atoms with E-state index in [1.807, 2.05) is 0 Å². The summed E-state index contributed by atoms with van der Waals surface area (Å²) in [7, 11) is 0. The van der Waals surface area contributed by atoms with Gasteiger partial charge in [0.15, 0.2) is 0 Å². The summed E-state index contributed by atoms with van der Waals surface area (Å²) in [4.78, 5) is 0. The standard InChI is InChI=1S/C6H5BF3O.K/c8-7(9,10)5-3-1-2-4-6(5)11;/h1-4,11H;/q-1;/p+1. The summed E-state index contributed by atoms with van der Waals surface area (Å²) in [6.07, 6.45) is 0. The molecule has 0 saturated heterocycles. The molecule has 0 aliphatic carbocycles. The molecule has 0 heterocycles. The van der Waals surface area contributed by atoms with E-state index in [2.05, 4.69) is 0 Å². The van der Waals surface area contributed by atoms with Crippen LogP contribution in [0.4, 0.5) is 12.9 Å². The minimum absolute atomic E-state index is 0. The first-order valence-corrected chi connectivity index (χ1v) is 2.99. The van der Waals surface area contributed by atoms with Crippen LogP contribution in [0.5, 0.6) is 5.75 Å². The van der Waals surface area contributed by atoms with Gasteiger partial charge in [0, 0.05) is 51.4 Å². The van der Waals surface area contributed by atoms with Crippen LogP contribution < -0.4 is 5.46 Å². The molecule has 6 heteroatoms. The third-order valence-corrected chi connectivity index (χ3v) is 1.29. The van der Waals surface area contributed by atoms with Gasteiger partial charge in [-0.2, -0.15) is 0 Å². The molecule has 0 bridgehead atoms. The molecule has 0 unspecified atom stereocenters. The maximum Gasteiger partial charge on any atom is 1.00 e. The number of hydrogen-bond acceptors (Lipinski definition) is 1. The van der Waals surface area contributed by atoms with Gasteiger partial charge in [-0.3, -0.25) is 0 Å². The van der Waals surface area contributed by atoms with E-state index in [1.54, 1.807) is 0 Å². The van der Waals surface area contributed by atoms with E-state index in [9.17, 15) is 12.9 Å². The second kappa shape index (κ2) is 4.67. The number of hydrogen-bond donors (Lipinski definition) is 1. The largest absolute Gasteiger partial charge is 1.00 e. The molecule has 0 spiro atoms. The Morgan fingerprint density at radius 3 is 2.00 bits per heavy atom. The van der Waals surface area contributed by atoms with Gasteiger partial charge >= 0.3 is 8.40 Å². The Morgan fingerprint density at radius 1 is 1.17 bits per heavy atom. The fourth-order valence-corrected chi connectivity index (χ4v) is 0.764. The summed E-state index contributed by atoms with van der Waals surface area (Å²) >= 11 is 0. The van der Waals surface area contributed by atoms with E-state index in [0.717, 1.165) is 12.1 Å². The smallest absolute Gasteiger partial charge is 0.511 e. The predicted octanol–water partition coefficient (Wildman–Crippen LogP) is 1.18. The Kier molecular flexibility index (Phi) is 4.86. The van der Waals surface area contributed by atoms with Crippen molar-refractivity contribution < 1.29 is 19.5 Å². The Hall–Kier alpha value is 0.511. The van der Waals surface area contributed by atoms with Crippen molar-refractivity contribution in [3.05, 3.63) is 24.3 Å². The second-order valence-corrected chi connectivity index (χ2v) is 2.13. The average Bonchev–Trinajstić information content (AvgIpc) is 1.86. The van der Waals surface area contributed by atoms with Crippen molar-refractivity contribution in [2.75, 3.05) is 0 Å². The summed E-state index contributed by atoms with van der Waals surface area (Å²) in [6.45, 7) is -5.08. The van der Waals surface area contributed by atoms with Gasteiger partial charge < -0.3 is 18.1 Å². The van der Waals surface area contributed by atoms with Gasteiger partial charge in [0.1, 0.15) is 0 Å². The monoisotopic (exact) mass is 201 g/mol. The molecular formula is C6H6BF3KO. The van der Waals surface area contributed by atoms with Crippen molar-refractivity contribution in [2.24, 2.45) is 0 Å². The zero-order chi connectivity index (χ0) is 8.48. The van der Waals surface area contributed by atoms with Gasteiger partial charge in [0.25, 0.3) is 0 Å². The first-order valence-electron chi connectivity index (χ1n) is 2.99. The maximum atomic E-state index is 12.0. The van der Waals surface area contributed by atoms with Gasteiger partial charge in [-0.1, -0.05) is 23.7 Å². The zero-order valence-electron chi connectivity index (χ0n) is 7.47. The molecule has 0 aliphatic rings. The molecule has 1 aromatic carbocycles. The molecule has 1 aromatic rings. The third kappa shape index (κ3) is 3.10. The van der Waals surface area contributed by atoms with E-state index < -0.39 is 18.2 Å². The molecule has 61 valence electrons. The minimum atomic E-state index is -5.08. The predicted molar refractivity (Wildman–Crippen MR) is 43.7 cm³/mol. The van der Waals surface area contributed by atoms with Crippen molar-refractivity contribution in [1.82, 2.24) is 0 Å².